The van der Waals surface area contributed by atoms with E-state index >= 15 is 0 Å². The Morgan fingerprint density at radius 3 is 2.75 bits per heavy atom. The van der Waals surface area contributed by atoms with Crippen LogP contribution >= 0.6 is 0 Å². The summed E-state index contributed by atoms with van der Waals surface area (Å²) in [4.78, 5) is 4.80. The fourth-order valence-corrected chi connectivity index (χ4v) is 4.61. The molecule has 0 radical (unpaired) electrons. The lowest BCUT2D eigenvalue weighted by Crippen LogP contribution is -2.42. The Bertz CT molecular complexity index is 1160. The monoisotopic (exact) mass is 371 g/mol. The van der Waals surface area contributed by atoms with Gasteiger partial charge in [0.1, 0.15) is 17.5 Å². The number of rotatable bonds is 3. The maximum Gasteiger partial charge on any atom is 0.187 e. The number of nitrogens with one attached hydrogen (secondary N) is 1. The summed E-state index contributed by atoms with van der Waals surface area (Å²) in [5.74, 6) is 1.68. The van der Waals surface area contributed by atoms with E-state index in [-0.39, 0.29) is 0 Å². The van der Waals surface area contributed by atoms with Crippen LogP contribution in [0.4, 0.5) is 0 Å². The summed E-state index contributed by atoms with van der Waals surface area (Å²) in [6, 6.07) is 17.4. The average Bonchev–Trinajstić information content (AvgIpc) is 3.30. The second-order valence-electron chi connectivity index (χ2n) is 7.85. The van der Waals surface area contributed by atoms with E-state index in [1.54, 1.807) is 0 Å². The van der Waals surface area contributed by atoms with Gasteiger partial charge in [0, 0.05) is 23.7 Å². The lowest BCUT2D eigenvalue weighted by molar-refractivity contribution is 0.137. The zero-order valence-electron chi connectivity index (χ0n) is 15.5. The first-order valence-electron chi connectivity index (χ1n) is 9.95. The number of benzene rings is 1. The molecule has 1 aromatic carbocycles. The molecular formula is C22H21N5O. The minimum atomic E-state index is 0.311. The molecule has 5 heterocycles. The molecule has 140 valence electrons. The summed E-state index contributed by atoms with van der Waals surface area (Å²) >= 11 is 0. The molecule has 4 aromatic rings. The van der Waals surface area contributed by atoms with Gasteiger partial charge in [-0.15, -0.1) is 10.2 Å². The van der Waals surface area contributed by atoms with E-state index < -0.39 is 0 Å². The minimum absolute atomic E-state index is 0.311. The third-order valence-corrected chi connectivity index (χ3v) is 5.94. The number of piperidine rings is 1. The Hall–Kier alpha value is -2.99. The molecule has 28 heavy (non-hydrogen) atoms. The molecular weight excluding hydrogens is 350 g/mol. The molecule has 0 spiro atoms. The molecule has 1 N–H and O–H groups in total. The van der Waals surface area contributed by atoms with Crippen LogP contribution in [-0.2, 0) is 0 Å². The molecule has 0 saturated carbocycles. The minimum Gasteiger partial charge on any atom is -0.490 e. The van der Waals surface area contributed by atoms with Crippen LogP contribution in [0.5, 0.6) is 5.75 Å². The molecule has 2 fully saturated rings. The Morgan fingerprint density at radius 1 is 0.964 bits per heavy atom. The van der Waals surface area contributed by atoms with Gasteiger partial charge in [0.25, 0.3) is 0 Å². The number of aromatic nitrogens is 4. The van der Waals surface area contributed by atoms with Crippen molar-refractivity contribution in [3.05, 3.63) is 54.7 Å². The van der Waals surface area contributed by atoms with Gasteiger partial charge >= 0.3 is 0 Å². The van der Waals surface area contributed by atoms with Crippen LogP contribution in [0.25, 0.3) is 28.1 Å². The van der Waals surface area contributed by atoms with Gasteiger partial charge in [-0.1, -0.05) is 12.1 Å². The van der Waals surface area contributed by atoms with Gasteiger partial charge < -0.3 is 10.1 Å². The second kappa shape index (κ2) is 6.27. The first-order chi connectivity index (χ1) is 13.8. The standard InChI is InChI=1S/C22H21N5O/c1-2-10-27-21(3-1)25-26-22(27)20-8-4-14-11-17(7-9-19(14)24-20)28-18-12-15-5-6-16(13-18)23-15/h1-4,7-11,15-16,18,23H,5-6,12-13H2. The van der Waals surface area contributed by atoms with E-state index in [0.29, 0.717) is 18.2 Å². The SMILES string of the molecule is c1ccn2c(-c3ccc4cc(OC5CC6CCC(C5)N6)ccc4n3)nnc2c1. The maximum atomic E-state index is 6.31. The van der Waals surface area contributed by atoms with E-state index in [4.69, 9.17) is 9.72 Å². The van der Waals surface area contributed by atoms with Crippen LogP contribution in [0.1, 0.15) is 25.7 Å². The zero-order valence-corrected chi connectivity index (χ0v) is 15.5. The van der Waals surface area contributed by atoms with Crippen LogP contribution in [0.15, 0.2) is 54.7 Å². The van der Waals surface area contributed by atoms with Gasteiger partial charge in [-0.2, -0.15) is 0 Å². The number of nitrogens with zero attached hydrogens (tertiary/aromatic N) is 4. The smallest absolute Gasteiger partial charge is 0.187 e. The largest absolute Gasteiger partial charge is 0.490 e. The van der Waals surface area contributed by atoms with Crippen LogP contribution < -0.4 is 10.1 Å². The van der Waals surface area contributed by atoms with Gasteiger partial charge in [0.15, 0.2) is 11.5 Å². The highest BCUT2D eigenvalue weighted by Crippen LogP contribution is 2.31. The molecule has 6 nitrogen and oxygen atoms in total. The normalized spacial score (nSPS) is 24.1. The molecule has 2 aliphatic heterocycles. The van der Waals surface area contributed by atoms with Gasteiger partial charge in [-0.25, -0.2) is 4.98 Å². The first kappa shape index (κ1) is 16.0. The van der Waals surface area contributed by atoms with Crippen molar-refractivity contribution < 1.29 is 4.74 Å². The van der Waals surface area contributed by atoms with Gasteiger partial charge in [-0.05, 0) is 62.1 Å². The molecule has 3 aromatic heterocycles. The molecule has 2 saturated heterocycles. The molecule has 6 heteroatoms. The van der Waals surface area contributed by atoms with Crippen molar-refractivity contribution >= 4 is 16.6 Å². The molecule has 2 atom stereocenters. The van der Waals surface area contributed by atoms with Crippen molar-refractivity contribution in [3.63, 3.8) is 0 Å². The first-order valence-corrected chi connectivity index (χ1v) is 9.95. The predicted molar refractivity (Wildman–Crippen MR) is 107 cm³/mol. The van der Waals surface area contributed by atoms with Crippen molar-refractivity contribution in [2.24, 2.45) is 0 Å². The van der Waals surface area contributed by atoms with Gasteiger partial charge in [-0.3, -0.25) is 4.40 Å². The van der Waals surface area contributed by atoms with Crippen molar-refractivity contribution in [1.82, 2.24) is 24.9 Å². The van der Waals surface area contributed by atoms with Crippen molar-refractivity contribution in [3.8, 4) is 17.3 Å². The molecule has 2 bridgehead atoms. The Kier molecular flexibility index (Phi) is 3.59. The van der Waals surface area contributed by atoms with E-state index in [0.717, 1.165) is 46.7 Å². The molecule has 0 aliphatic carbocycles. The highest BCUT2D eigenvalue weighted by atomic mass is 16.5. The number of pyridine rings is 2. The second-order valence-corrected chi connectivity index (χ2v) is 7.85. The maximum absolute atomic E-state index is 6.31. The van der Waals surface area contributed by atoms with Crippen molar-refractivity contribution in [1.29, 1.82) is 0 Å². The topological polar surface area (TPSA) is 64.3 Å². The third kappa shape index (κ3) is 2.72. The summed E-state index contributed by atoms with van der Waals surface area (Å²) in [5, 5.41) is 13.3. The Labute approximate surface area is 162 Å². The molecule has 6 rings (SSSR count). The highest BCUT2D eigenvalue weighted by molar-refractivity contribution is 5.82. The van der Waals surface area contributed by atoms with Gasteiger partial charge in [0.2, 0.25) is 0 Å². The predicted octanol–water partition coefficient (Wildman–Crippen LogP) is 3.61. The molecule has 2 unspecified atom stereocenters. The fraction of sp³-hybridized carbons (Fsp3) is 0.318. The van der Waals surface area contributed by atoms with Gasteiger partial charge in [0.05, 0.1) is 5.52 Å². The summed E-state index contributed by atoms with van der Waals surface area (Å²) < 4.78 is 8.27. The number of hydrogen-bond acceptors (Lipinski definition) is 5. The van der Waals surface area contributed by atoms with E-state index in [9.17, 15) is 0 Å². The van der Waals surface area contributed by atoms with Crippen LogP contribution in [-0.4, -0.2) is 37.8 Å². The van der Waals surface area contributed by atoms with Crippen molar-refractivity contribution in [2.75, 3.05) is 0 Å². The summed E-state index contributed by atoms with van der Waals surface area (Å²) in [6.07, 6.45) is 7.04. The number of hydrogen-bond donors (Lipinski definition) is 1. The molecule has 2 aliphatic rings. The van der Waals surface area contributed by atoms with E-state index in [1.807, 2.05) is 47.0 Å². The number of ether oxygens (including phenoxy) is 1. The van der Waals surface area contributed by atoms with Crippen molar-refractivity contribution in [2.45, 2.75) is 43.9 Å². The van der Waals surface area contributed by atoms with Crippen LogP contribution in [0.2, 0.25) is 0 Å². The highest BCUT2D eigenvalue weighted by Gasteiger charge is 2.34. The lowest BCUT2D eigenvalue weighted by atomic mass is 10.0. The summed E-state index contributed by atoms with van der Waals surface area (Å²) in [5.41, 5.74) is 2.57. The average molecular weight is 371 g/mol. The quantitative estimate of drug-likeness (QED) is 0.596. The van der Waals surface area contributed by atoms with Crippen LogP contribution in [0.3, 0.4) is 0 Å². The number of fused-ring (bicyclic) bond motifs is 4. The van der Waals surface area contributed by atoms with Crippen LogP contribution in [0, 0.1) is 0 Å². The lowest BCUT2D eigenvalue weighted by Gasteiger charge is -2.29. The summed E-state index contributed by atoms with van der Waals surface area (Å²) in [7, 11) is 0. The fourth-order valence-electron chi connectivity index (χ4n) is 4.61. The Balaban J connectivity index is 1.29. The van der Waals surface area contributed by atoms with E-state index in [1.165, 1.54) is 12.8 Å². The Morgan fingerprint density at radius 2 is 1.86 bits per heavy atom. The zero-order chi connectivity index (χ0) is 18.5. The third-order valence-electron chi connectivity index (χ3n) is 5.94. The van der Waals surface area contributed by atoms with E-state index in [2.05, 4.69) is 27.6 Å². The summed E-state index contributed by atoms with van der Waals surface area (Å²) in [6.45, 7) is 0. The molecule has 0 amide bonds.